The molecule has 0 saturated carbocycles. The van der Waals surface area contributed by atoms with Gasteiger partial charge in [0.15, 0.2) is 0 Å². The first-order valence-electron chi connectivity index (χ1n) is 9.01. The highest BCUT2D eigenvalue weighted by Crippen LogP contribution is 2.21. The van der Waals surface area contributed by atoms with Crippen molar-refractivity contribution in [1.82, 2.24) is 19.8 Å². The van der Waals surface area contributed by atoms with Crippen molar-refractivity contribution in [1.29, 1.82) is 0 Å². The van der Waals surface area contributed by atoms with Crippen LogP contribution in [0.4, 0.5) is 5.82 Å². The van der Waals surface area contributed by atoms with Crippen molar-refractivity contribution >= 4 is 11.7 Å². The summed E-state index contributed by atoms with van der Waals surface area (Å²) < 4.78 is 5.32. The zero-order valence-electron chi connectivity index (χ0n) is 14.9. The van der Waals surface area contributed by atoms with Crippen LogP contribution >= 0.6 is 0 Å². The fourth-order valence-corrected chi connectivity index (χ4v) is 3.49. The van der Waals surface area contributed by atoms with E-state index in [1.165, 1.54) is 0 Å². The first-order valence-corrected chi connectivity index (χ1v) is 9.01. The van der Waals surface area contributed by atoms with E-state index in [1.807, 2.05) is 4.90 Å². The molecular formula is C18H27N5O2. The van der Waals surface area contributed by atoms with Crippen molar-refractivity contribution < 1.29 is 9.53 Å². The van der Waals surface area contributed by atoms with Crippen LogP contribution in [0.2, 0.25) is 0 Å². The Kier molecular flexibility index (Phi) is 5.86. The minimum absolute atomic E-state index is 0.141. The van der Waals surface area contributed by atoms with E-state index in [4.69, 9.17) is 10.5 Å². The van der Waals surface area contributed by atoms with Crippen LogP contribution in [0.5, 0.6) is 0 Å². The van der Waals surface area contributed by atoms with Crippen LogP contribution in [-0.4, -0.2) is 58.5 Å². The molecule has 7 heteroatoms. The molecule has 1 aromatic heterocycles. The highest BCUT2D eigenvalue weighted by atomic mass is 16.5. The quantitative estimate of drug-likeness (QED) is 0.891. The van der Waals surface area contributed by atoms with E-state index in [9.17, 15) is 4.79 Å². The summed E-state index contributed by atoms with van der Waals surface area (Å²) in [6.45, 7) is 2.98. The van der Waals surface area contributed by atoms with Crippen LogP contribution < -0.4 is 5.73 Å². The Hall–Kier alpha value is -2.15. The number of anilines is 1. The monoisotopic (exact) mass is 345 g/mol. The van der Waals surface area contributed by atoms with Crippen molar-refractivity contribution in [3.05, 3.63) is 29.9 Å². The summed E-state index contributed by atoms with van der Waals surface area (Å²) in [4.78, 5) is 25.4. The molecule has 0 radical (unpaired) electrons. The Balaban J connectivity index is 1.55. The average molecular weight is 345 g/mol. The number of aromatic nitrogens is 2. The third kappa shape index (κ3) is 4.69. The van der Waals surface area contributed by atoms with Crippen LogP contribution in [0.15, 0.2) is 24.1 Å². The van der Waals surface area contributed by atoms with Gasteiger partial charge in [-0.05, 0) is 45.2 Å². The number of carbonyl (C=O) groups excluding carboxylic acids is 1. The van der Waals surface area contributed by atoms with E-state index in [2.05, 4.69) is 21.9 Å². The van der Waals surface area contributed by atoms with Gasteiger partial charge in [0, 0.05) is 25.3 Å². The van der Waals surface area contributed by atoms with Gasteiger partial charge in [0.2, 0.25) is 0 Å². The second kappa shape index (κ2) is 8.29. The Bertz CT molecular complexity index is 634. The number of nitrogens with zero attached hydrogens (tertiary/aromatic N) is 4. The maximum atomic E-state index is 12.6. The van der Waals surface area contributed by atoms with Crippen LogP contribution in [-0.2, 0) is 16.1 Å². The topological polar surface area (TPSA) is 84.6 Å². The van der Waals surface area contributed by atoms with Crippen molar-refractivity contribution in [2.45, 2.75) is 44.7 Å². The second-order valence-electron chi connectivity index (χ2n) is 6.81. The van der Waals surface area contributed by atoms with Crippen molar-refractivity contribution in [2.24, 2.45) is 0 Å². The molecule has 3 heterocycles. The summed E-state index contributed by atoms with van der Waals surface area (Å²) in [5, 5.41) is 0. The lowest BCUT2D eigenvalue weighted by Gasteiger charge is -2.27. The number of nitrogen functional groups attached to an aromatic ring is 1. The van der Waals surface area contributed by atoms with Gasteiger partial charge in [0.25, 0.3) is 5.91 Å². The number of ether oxygens (including phenoxy) is 1. The molecule has 2 aliphatic heterocycles. The molecule has 1 saturated heterocycles. The maximum absolute atomic E-state index is 12.6. The number of nitrogens with two attached hydrogens (primary N) is 1. The second-order valence-corrected chi connectivity index (χ2v) is 6.81. The lowest BCUT2D eigenvalue weighted by molar-refractivity contribution is -0.127. The van der Waals surface area contributed by atoms with Crippen molar-refractivity contribution in [3.8, 4) is 0 Å². The SMILES string of the molecule is CN(Cc1nccc(N)n1)[C@H]1CCCN(C(=O)C2=COCCC2)CC1. The zero-order chi connectivity index (χ0) is 17.6. The molecule has 0 bridgehead atoms. The Morgan fingerprint density at radius 2 is 2.28 bits per heavy atom. The van der Waals surface area contributed by atoms with E-state index >= 15 is 0 Å². The van der Waals surface area contributed by atoms with Crippen LogP contribution in [0.25, 0.3) is 0 Å². The van der Waals surface area contributed by atoms with E-state index in [0.717, 1.165) is 63.2 Å². The van der Waals surface area contributed by atoms with Gasteiger partial charge in [-0.2, -0.15) is 0 Å². The number of carbonyl (C=O) groups is 1. The lowest BCUT2D eigenvalue weighted by atomic mass is 10.1. The van der Waals surface area contributed by atoms with Gasteiger partial charge in [0.05, 0.1) is 25.0 Å². The van der Waals surface area contributed by atoms with Crippen LogP contribution in [0, 0.1) is 0 Å². The average Bonchev–Trinajstić information content (AvgIpc) is 2.88. The molecule has 7 nitrogen and oxygen atoms in total. The van der Waals surface area contributed by atoms with E-state index in [1.54, 1.807) is 18.5 Å². The van der Waals surface area contributed by atoms with Gasteiger partial charge < -0.3 is 15.4 Å². The molecule has 1 atom stereocenters. The molecule has 1 fully saturated rings. The molecule has 0 unspecified atom stereocenters. The van der Waals surface area contributed by atoms with E-state index < -0.39 is 0 Å². The third-order valence-electron chi connectivity index (χ3n) is 4.93. The minimum Gasteiger partial charge on any atom is -0.501 e. The molecule has 0 aliphatic carbocycles. The lowest BCUT2D eigenvalue weighted by Crippen LogP contribution is -2.36. The number of likely N-dealkylation sites (tertiary alicyclic amines) is 1. The first-order chi connectivity index (χ1) is 12.1. The van der Waals surface area contributed by atoms with Gasteiger partial charge in [-0.25, -0.2) is 9.97 Å². The fourth-order valence-electron chi connectivity index (χ4n) is 3.49. The third-order valence-corrected chi connectivity index (χ3v) is 4.93. The standard InChI is InChI=1S/C18H27N5O2/c1-22(12-17-20-8-6-16(19)21-17)15-5-2-9-23(10-7-15)18(24)14-4-3-11-25-13-14/h6,8,13,15H,2-5,7,9-12H2,1H3,(H2,19,20,21)/t15-/m0/s1. The van der Waals surface area contributed by atoms with E-state index in [0.29, 0.717) is 18.4 Å². The normalized spacial score (nSPS) is 21.4. The van der Waals surface area contributed by atoms with Gasteiger partial charge in [-0.15, -0.1) is 0 Å². The first kappa shape index (κ1) is 17.7. The van der Waals surface area contributed by atoms with Crippen molar-refractivity contribution in [2.75, 3.05) is 32.5 Å². The highest BCUT2D eigenvalue weighted by molar-refractivity contribution is 5.93. The fraction of sp³-hybridized carbons (Fsp3) is 0.611. The number of hydrogen-bond acceptors (Lipinski definition) is 6. The van der Waals surface area contributed by atoms with Crippen LogP contribution in [0.1, 0.15) is 37.9 Å². The smallest absolute Gasteiger partial charge is 0.252 e. The summed E-state index contributed by atoms with van der Waals surface area (Å²) >= 11 is 0. The molecule has 1 amide bonds. The molecular weight excluding hydrogens is 318 g/mol. The Morgan fingerprint density at radius 3 is 3.04 bits per heavy atom. The molecule has 0 spiro atoms. The summed E-state index contributed by atoms with van der Waals surface area (Å²) in [5.41, 5.74) is 6.54. The van der Waals surface area contributed by atoms with Crippen molar-refractivity contribution in [3.63, 3.8) is 0 Å². The maximum Gasteiger partial charge on any atom is 0.252 e. The molecule has 1 aromatic rings. The van der Waals surface area contributed by atoms with Gasteiger partial charge in [-0.1, -0.05) is 0 Å². The molecule has 2 N–H and O–H groups in total. The van der Waals surface area contributed by atoms with Gasteiger partial charge in [0.1, 0.15) is 11.6 Å². The molecule has 2 aliphatic rings. The summed E-state index contributed by atoms with van der Waals surface area (Å²) in [6.07, 6.45) is 8.13. The predicted octanol–water partition coefficient (Wildman–Crippen LogP) is 1.57. The minimum atomic E-state index is 0.141. The number of hydrogen-bond donors (Lipinski definition) is 1. The van der Waals surface area contributed by atoms with Crippen LogP contribution in [0.3, 0.4) is 0 Å². The van der Waals surface area contributed by atoms with Gasteiger partial charge in [-0.3, -0.25) is 9.69 Å². The van der Waals surface area contributed by atoms with E-state index in [-0.39, 0.29) is 5.91 Å². The molecule has 0 aromatic carbocycles. The summed E-state index contributed by atoms with van der Waals surface area (Å²) in [5.74, 6) is 1.38. The van der Waals surface area contributed by atoms with Gasteiger partial charge >= 0.3 is 0 Å². The number of amides is 1. The molecule has 25 heavy (non-hydrogen) atoms. The summed E-state index contributed by atoms with van der Waals surface area (Å²) in [6, 6.07) is 2.11. The predicted molar refractivity (Wildman–Crippen MR) is 95.4 cm³/mol. The molecule has 136 valence electrons. The Morgan fingerprint density at radius 1 is 1.40 bits per heavy atom. The highest BCUT2D eigenvalue weighted by Gasteiger charge is 2.26. The molecule has 3 rings (SSSR count). The number of rotatable bonds is 4. The zero-order valence-corrected chi connectivity index (χ0v) is 14.9. The Labute approximate surface area is 148 Å². The largest absolute Gasteiger partial charge is 0.501 e. The summed E-state index contributed by atoms with van der Waals surface area (Å²) in [7, 11) is 2.09.